The van der Waals surface area contributed by atoms with Crippen molar-refractivity contribution in [2.45, 2.75) is 19.4 Å². The Morgan fingerprint density at radius 2 is 2.19 bits per heavy atom. The minimum Gasteiger partial charge on any atom is -0.478 e. The molecule has 0 aliphatic carbocycles. The minimum atomic E-state index is -1.04. The van der Waals surface area contributed by atoms with E-state index in [1.807, 2.05) is 6.92 Å². The Morgan fingerprint density at radius 1 is 1.50 bits per heavy atom. The molecule has 1 aliphatic heterocycles. The number of nitrogens with one attached hydrogen (secondary N) is 1. The van der Waals surface area contributed by atoms with Crippen molar-refractivity contribution in [2.24, 2.45) is 0 Å². The standard InChI is InChI=1S/C11H12N2O3/c1-7-6-10(14)13(12-7)9-5-3-2-4-8(9)11(15)16/h2-5,7,12H,6H2,1H3,(H,15,16). The van der Waals surface area contributed by atoms with Crippen LogP contribution in [0.2, 0.25) is 0 Å². The largest absolute Gasteiger partial charge is 0.478 e. The molecule has 5 heteroatoms. The molecule has 1 unspecified atom stereocenters. The molecule has 1 saturated heterocycles. The van der Waals surface area contributed by atoms with Crippen LogP contribution in [0.5, 0.6) is 0 Å². The normalized spacial score (nSPS) is 20.2. The quantitative estimate of drug-likeness (QED) is 0.780. The number of carboxylic acid groups (broad SMARTS) is 1. The van der Waals surface area contributed by atoms with Crippen molar-refractivity contribution in [3.63, 3.8) is 0 Å². The van der Waals surface area contributed by atoms with Gasteiger partial charge in [-0.2, -0.15) is 0 Å². The summed E-state index contributed by atoms with van der Waals surface area (Å²) < 4.78 is 0. The Balaban J connectivity index is 2.40. The van der Waals surface area contributed by atoms with Gasteiger partial charge < -0.3 is 5.11 Å². The van der Waals surface area contributed by atoms with E-state index in [-0.39, 0.29) is 17.5 Å². The first kappa shape index (κ1) is 10.6. The molecule has 1 aromatic rings. The fraction of sp³-hybridized carbons (Fsp3) is 0.273. The maximum absolute atomic E-state index is 11.6. The van der Waals surface area contributed by atoms with Gasteiger partial charge in [0.25, 0.3) is 0 Å². The van der Waals surface area contributed by atoms with Crippen LogP contribution in [-0.4, -0.2) is 23.0 Å². The number of hydrogen-bond donors (Lipinski definition) is 2. The number of aromatic carboxylic acids is 1. The van der Waals surface area contributed by atoms with Gasteiger partial charge in [-0.3, -0.25) is 4.79 Å². The predicted molar refractivity (Wildman–Crippen MR) is 58.1 cm³/mol. The van der Waals surface area contributed by atoms with Crippen molar-refractivity contribution in [3.8, 4) is 0 Å². The van der Waals surface area contributed by atoms with E-state index in [9.17, 15) is 9.59 Å². The summed E-state index contributed by atoms with van der Waals surface area (Å²) in [5.41, 5.74) is 3.45. The van der Waals surface area contributed by atoms with Crippen LogP contribution in [0.3, 0.4) is 0 Å². The fourth-order valence-corrected chi connectivity index (χ4v) is 1.74. The van der Waals surface area contributed by atoms with E-state index in [1.54, 1.807) is 18.2 Å². The third-order valence-corrected chi connectivity index (χ3v) is 2.46. The molecule has 1 amide bonds. The molecular weight excluding hydrogens is 208 g/mol. The van der Waals surface area contributed by atoms with Gasteiger partial charge in [-0.15, -0.1) is 0 Å². The highest BCUT2D eigenvalue weighted by Crippen LogP contribution is 2.23. The topological polar surface area (TPSA) is 69.6 Å². The first-order valence-corrected chi connectivity index (χ1v) is 5.01. The van der Waals surface area contributed by atoms with Crippen molar-refractivity contribution in [2.75, 3.05) is 5.01 Å². The summed E-state index contributed by atoms with van der Waals surface area (Å²) in [6.07, 6.45) is 0.383. The summed E-state index contributed by atoms with van der Waals surface area (Å²) in [7, 11) is 0. The Kier molecular flexibility index (Phi) is 2.62. The van der Waals surface area contributed by atoms with Crippen LogP contribution in [0, 0.1) is 0 Å². The predicted octanol–water partition coefficient (Wildman–Crippen LogP) is 1.01. The van der Waals surface area contributed by atoms with Gasteiger partial charge in [-0.25, -0.2) is 15.2 Å². The molecule has 0 bridgehead atoms. The zero-order chi connectivity index (χ0) is 11.7. The van der Waals surface area contributed by atoms with Crippen molar-refractivity contribution in [3.05, 3.63) is 29.8 Å². The fourth-order valence-electron chi connectivity index (χ4n) is 1.74. The first-order chi connectivity index (χ1) is 7.59. The molecule has 2 N–H and O–H groups in total. The Hall–Kier alpha value is -1.88. The zero-order valence-electron chi connectivity index (χ0n) is 8.80. The summed E-state index contributed by atoms with van der Waals surface area (Å²) >= 11 is 0. The van der Waals surface area contributed by atoms with Gasteiger partial charge in [0.05, 0.1) is 11.3 Å². The number of carbonyl (C=O) groups excluding carboxylic acids is 1. The van der Waals surface area contributed by atoms with Crippen LogP contribution in [-0.2, 0) is 4.79 Å². The number of para-hydroxylation sites is 1. The molecule has 2 rings (SSSR count). The van der Waals surface area contributed by atoms with Crippen LogP contribution in [0.25, 0.3) is 0 Å². The molecule has 1 aromatic carbocycles. The van der Waals surface area contributed by atoms with Crippen molar-refractivity contribution in [1.82, 2.24) is 5.43 Å². The van der Waals surface area contributed by atoms with E-state index in [0.717, 1.165) is 0 Å². The van der Waals surface area contributed by atoms with Gasteiger partial charge in [0, 0.05) is 12.5 Å². The second-order valence-electron chi connectivity index (χ2n) is 3.79. The zero-order valence-corrected chi connectivity index (χ0v) is 8.80. The highest BCUT2D eigenvalue weighted by Gasteiger charge is 2.29. The van der Waals surface area contributed by atoms with E-state index in [1.165, 1.54) is 11.1 Å². The molecule has 0 radical (unpaired) electrons. The molecule has 1 fully saturated rings. The van der Waals surface area contributed by atoms with E-state index < -0.39 is 5.97 Å². The van der Waals surface area contributed by atoms with Crippen LogP contribution < -0.4 is 10.4 Å². The van der Waals surface area contributed by atoms with Crippen molar-refractivity contribution < 1.29 is 14.7 Å². The van der Waals surface area contributed by atoms with E-state index >= 15 is 0 Å². The van der Waals surface area contributed by atoms with E-state index in [2.05, 4.69) is 5.43 Å². The molecule has 0 aromatic heterocycles. The van der Waals surface area contributed by atoms with Gasteiger partial charge in [0.15, 0.2) is 0 Å². The molecule has 1 heterocycles. The first-order valence-electron chi connectivity index (χ1n) is 5.01. The van der Waals surface area contributed by atoms with Crippen LogP contribution in [0.4, 0.5) is 5.69 Å². The number of benzene rings is 1. The number of hydrazine groups is 1. The summed E-state index contributed by atoms with van der Waals surface area (Å²) in [6, 6.07) is 6.48. The second kappa shape index (κ2) is 3.94. The Morgan fingerprint density at radius 3 is 2.75 bits per heavy atom. The summed E-state index contributed by atoms with van der Waals surface area (Å²) in [5.74, 6) is -1.15. The number of hydrogen-bond acceptors (Lipinski definition) is 3. The number of carbonyl (C=O) groups is 2. The molecule has 0 saturated carbocycles. The van der Waals surface area contributed by atoms with Crippen molar-refractivity contribution in [1.29, 1.82) is 0 Å². The van der Waals surface area contributed by atoms with Gasteiger partial charge in [-0.05, 0) is 19.1 Å². The molecule has 16 heavy (non-hydrogen) atoms. The van der Waals surface area contributed by atoms with E-state index in [4.69, 9.17) is 5.11 Å². The molecule has 1 aliphatic rings. The highest BCUT2D eigenvalue weighted by molar-refractivity contribution is 6.02. The molecular formula is C11H12N2O3. The molecule has 5 nitrogen and oxygen atoms in total. The number of carboxylic acids is 1. The van der Waals surface area contributed by atoms with Crippen LogP contribution >= 0.6 is 0 Å². The summed E-state index contributed by atoms with van der Waals surface area (Å²) in [6.45, 7) is 1.88. The molecule has 0 spiro atoms. The van der Waals surface area contributed by atoms with Gasteiger partial charge in [0.2, 0.25) is 5.91 Å². The SMILES string of the molecule is CC1CC(=O)N(c2ccccc2C(=O)O)N1. The van der Waals surface area contributed by atoms with Crippen molar-refractivity contribution >= 4 is 17.6 Å². The lowest BCUT2D eigenvalue weighted by Gasteiger charge is -2.18. The lowest BCUT2D eigenvalue weighted by atomic mass is 10.1. The molecule has 84 valence electrons. The minimum absolute atomic E-state index is 0.0364. The highest BCUT2D eigenvalue weighted by atomic mass is 16.4. The lowest BCUT2D eigenvalue weighted by Crippen LogP contribution is -2.37. The number of anilines is 1. The monoisotopic (exact) mass is 220 g/mol. The maximum Gasteiger partial charge on any atom is 0.337 e. The Labute approximate surface area is 92.6 Å². The van der Waals surface area contributed by atoms with Gasteiger partial charge >= 0.3 is 5.97 Å². The van der Waals surface area contributed by atoms with Crippen LogP contribution in [0.15, 0.2) is 24.3 Å². The van der Waals surface area contributed by atoms with Gasteiger partial charge in [0.1, 0.15) is 0 Å². The third-order valence-electron chi connectivity index (χ3n) is 2.46. The molecule has 1 atom stereocenters. The summed E-state index contributed by atoms with van der Waals surface area (Å²) in [5, 5.41) is 10.3. The number of rotatable bonds is 2. The number of amides is 1. The number of nitrogens with zero attached hydrogens (tertiary/aromatic N) is 1. The Bertz CT molecular complexity index is 445. The lowest BCUT2D eigenvalue weighted by molar-refractivity contribution is -0.117. The van der Waals surface area contributed by atoms with E-state index in [0.29, 0.717) is 12.1 Å². The second-order valence-corrected chi connectivity index (χ2v) is 3.79. The maximum atomic E-state index is 11.6. The average Bonchev–Trinajstić information content (AvgIpc) is 2.57. The smallest absolute Gasteiger partial charge is 0.337 e. The summed E-state index contributed by atoms with van der Waals surface area (Å²) in [4.78, 5) is 22.6. The average molecular weight is 220 g/mol. The third kappa shape index (κ3) is 1.77. The van der Waals surface area contributed by atoms with Crippen LogP contribution in [0.1, 0.15) is 23.7 Å². The van der Waals surface area contributed by atoms with Gasteiger partial charge in [-0.1, -0.05) is 12.1 Å².